The first-order valence-electron chi connectivity index (χ1n) is 12.6. The third-order valence-corrected chi connectivity index (χ3v) is 7.41. The second-order valence-corrected chi connectivity index (χ2v) is 10.3. The highest BCUT2D eigenvalue weighted by molar-refractivity contribution is 6.36. The molecule has 0 saturated carbocycles. The Morgan fingerprint density at radius 2 is 1.80 bits per heavy atom. The van der Waals surface area contributed by atoms with Crippen LogP contribution in [0.4, 0.5) is 4.79 Å². The standard InChI is InChI=1S/C28H34Cl2N4O/c1-4-5-9-19(2)21-10-12-22(13-11-21)26-20(3)34(28(35)32-33-16-7-6-8-17-33)31-27(26)24-15-14-23(29)18-25(24)30/h10-15,18-19H,4-9,16-17H2,1-3H3,(H,32,35). The largest absolute Gasteiger partial charge is 0.356 e. The van der Waals surface area contributed by atoms with E-state index in [9.17, 15) is 4.79 Å². The van der Waals surface area contributed by atoms with Crippen molar-refractivity contribution in [2.45, 2.75) is 65.2 Å². The molecule has 1 saturated heterocycles. The van der Waals surface area contributed by atoms with Gasteiger partial charge in [-0.15, -0.1) is 0 Å². The van der Waals surface area contributed by atoms with Crippen molar-refractivity contribution < 1.29 is 4.79 Å². The number of halogens is 2. The van der Waals surface area contributed by atoms with Gasteiger partial charge in [-0.2, -0.15) is 9.78 Å². The van der Waals surface area contributed by atoms with E-state index >= 15 is 0 Å². The molecular formula is C28H34Cl2N4O. The molecule has 0 aliphatic carbocycles. The number of carbonyl (C=O) groups is 1. The van der Waals surface area contributed by atoms with Crippen LogP contribution in [-0.2, 0) is 0 Å². The Morgan fingerprint density at radius 3 is 2.46 bits per heavy atom. The molecule has 35 heavy (non-hydrogen) atoms. The molecule has 2 aromatic carbocycles. The molecule has 5 nitrogen and oxygen atoms in total. The van der Waals surface area contributed by atoms with Crippen LogP contribution in [0, 0.1) is 6.92 Å². The predicted molar refractivity (Wildman–Crippen MR) is 145 cm³/mol. The maximum Gasteiger partial charge on any atom is 0.356 e. The molecule has 2 heterocycles. The topological polar surface area (TPSA) is 50.2 Å². The van der Waals surface area contributed by atoms with Crippen LogP contribution in [0.25, 0.3) is 22.4 Å². The Balaban J connectivity index is 1.73. The first-order valence-corrected chi connectivity index (χ1v) is 13.4. The molecule has 186 valence electrons. The molecule has 1 N–H and O–H groups in total. The Hall–Kier alpha value is -2.34. The summed E-state index contributed by atoms with van der Waals surface area (Å²) in [5.41, 5.74) is 8.44. The zero-order valence-electron chi connectivity index (χ0n) is 20.8. The summed E-state index contributed by atoms with van der Waals surface area (Å²) in [4.78, 5) is 13.2. The zero-order valence-corrected chi connectivity index (χ0v) is 22.3. The fraction of sp³-hybridized carbons (Fsp3) is 0.429. The summed E-state index contributed by atoms with van der Waals surface area (Å²) in [5.74, 6) is 0.508. The number of nitrogens with one attached hydrogen (secondary N) is 1. The Morgan fingerprint density at radius 1 is 1.09 bits per heavy atom. The maximum atomic E-state index is 13.2. The van der Waals surface area contributed by atoms with Gasteiger partial charge in [-0.1, -0.05) is 80.6 Å². The van der Waals surface area contributed by atoms with Gasteiger partial charge < -0.3 is 0 Å². The van der Waals surface area contributed by atoms with Gasteiger partial charge in [0, 0.05) is 29.2 Å². The zero-order chi connectivity index (χ0) is 24.9. The average molecular weight is 514 g/mol. The van der Waals surface area contributed by atoms with E-state index in [0.717, 1.165) is 48.3 Å². The van der Waals surface area contributed by atoms with Gasteiger partial charge in [0.15, 0.2) is 0 Å². The van der Waals surface area contributed by atoms with E-state index in [1.54, 1.807) is 12.1 Å². The van der Waals surface area contributed by atoms with Crippen molar-refractivity contribution in [1.29, 1.82) is 0 Å². The summed E-state index contributed by atoms with van der Waals surface area (Å²) in [6, 6.07) is 13.7. The molecule has 0 bridgehead atoms. The van der Waals surface area contributed by atoms with E-state index in [1.165, 1.54) is 35.9 Å². The highest BCUT2D eigenvalue weighted by atomic mass is 35.5. The third-order valence-electron chi connectivity index (χ3n) is 6.86. The SMILES string of the molecule is CCCCC(C)c1ccc(-c2c(-c3ccc(Cl)cc3Cl)nn(C(=O)NN3CCCCC3)c2C)cc1. The molecule has 1 aliphatic rings. The minimum absolute atomic E-state index is 0.258. The molecule has 3 aromatic rings. The Labute approximate surface area is 218 Å². The number of unbranched alkanes of at least 4 members (excludes halogenated alkanes) is 1. The lowest BCUT2D eigenvalue weighted by Crippen LogP contribution is -2.47. The monoisotopic (exact) mass is 512 g/mol. The molecule has 1 aliphatic heterocycles. The van der Waals surface area contributed by atoms with Gasteiger partial charge in [0.1, 0.15) is 5.69 Å². The van der Waals surface area contributed by atoms with Gasteiger partial charge in [-0.3, -0.25) is 5.43 Å². The van der Waals surface area contributed by atoms with Gasteiger partial charge in [-0.05, 0) is 61.4 Å². The number of hydrazine groups is 1. The van der Waals surface area contributed by atoms with E-state index < -0.39 is 0 Å². The fourth-order valence-electron chi connectivity index (χ4n) is 4.76. The molecular weight excluding hydrogens is 479 g/mol. The fourth-order valence-corrected chi connectivity index (χ4v) is 5.26. The van der Waals surface area contributed by atoms with Crippen molar-refractivity contribution in [3.63, 3.8) is 0 Å². The van der Waals surface area contributed by atoms with E-state index in [4.69, 9.17) is 28.3 Å². The minimum Gasteiger partial charge on any atom is -0.269 e. The molecule has 1 unspecified atom stereocenters. The van der Waals surface area contributed by atoms with Crippen molar-refractivity contribution >= 4 is 29.2 Å². The summed E-state index contributed by atoms with van der Waals surface area (Å²) in [5, 5.41) is 7.81. The summed E-state index contributed by atoms with van der Waals surface area (Å²) in [6.45, 7) is 8.14. The first-order chi connectivity index (χ1) is 16.9. The summed E-state index contributed by atoms with van der Waals surface area (Å²) in [6.07, 6.45) is 6.96. The summed E-state index contributed by atoms with van der Waals surface area (Å²) < 4.78 is 1.46. The number of amides is 1. The van der Waals surface area contributed by atoms with Crippen LogP contribution >= 0.6 is 23.2 Å². The first kappa shape index (κ1) is 25.7. The molecule has 0 radical (unpaired) electrons. The van der Waals surface area contributed by atoms with Crippen LogP contribution in [-0.4, -0.2) is 33.9 Å². The van der Waals surface area contributed by atoms with Crippen molar-refractivity contribution in [2.75, 3.05) is 13.1 Å². The number of carbonyl (C=O) groups excluding carboxylic acids is 1. The van der Waals surface area contributed by atoms with Crippen LogP contribution < -0.4 is 5.43 Å². The van der Waals surface area contributed by atoms with E-state index in [0.29, 0.717) is 21.7 Å². The van der Waals surface area contributed by atoms with E-state index in [1.807, 2.05) is 18.0 Å². The number of piperidine rings is 1. The predicted octanol–water partition coefficient (Wildman–Crippen LogP) is 8.08. The third kappa shape index (κ3) is 5.91. The van der Waals surface area contributed by atoms with Crippen LogP contribution in [0.1, 0.15) is 69.5 Å². The smallest absolute Gasteiger partial charge is 0.269 e. The van der Waals surface area contributed by atoms with Crippen molar-refractivity contribution in [3.05, 3.63) is 63.8 Å². The molecule has 1 atom stereocenters. The van der Waals surface area contributed by atoms with Gasteiger partial charge in [-0.25, -0.2) is 9.80 Å². The Kier molecular flexibility index (Phi) is 8.53. The number of hydrogen-bond acceptors (Lipinski definition) is 3. The van der Waals surface area contributed by atoms with Crippen molar-refractivity contribution in [2.24, 2.45) is 0 Å². The van der Waals surface area contributed by atoms with Crippen LogP contribution in [0.15, 0.2) is 42.5 Å². The van der Waals surface area contributed by atoms with Crippen LogP contribution in [0.3, 0.4) is 0 Å². The lowest BCUT2D eigenvalue weighted by atomic mass is 9.92. The number of benzene rings is 2. The quantitative estimate of drug-likeness (QED) is 0.347. The highest BCUT2D eigenvalue weighted by Gasteiger charge is 2.24. The van der Waals surface area contributed by atoms with Gasteiger partial charge in [0.25, 0.3) is 0 Å². The maximum absolute atomic E-state index is 13.2. The second-order valence-electron chi connectivity index (χ2n) is 9.47. The molecule has 1 amide bonds. The lowest BCUT2D eigenvalue weighted by molar-refractivity contribution is 0.154. The number of nitrogens with zero attached hydrogens (tertiary/aromatic N) is 3. The lowest BCUT2D eigenvalue weighted by Gasteiger charge is -2.26. The minimum atomic E-state index is -0.258. The molecule has 0 spiro atoms. The van der Waals surface area contributed by atoms with E-state index in [-0.39, 0.29) is 6.03 Å². The number of aromatic nitrogens is 2. The van der Waals surface area contributed by atoms with Gasteiger partial charge in [0.05, 0.1) is 10.7 Å². The number of rotatable bonds is 7. The van der Waals surface area contributed by atoms with E-state index in [2.05, 4.69) is 43.5 Å². The number of hydrogen-bond donors (Lipinski definition) is 1. The van der Waals surface area contributed by atoms with Crippen LogP contribution in [0.5, 0.6) is 0 Å². The molecule has 4 rings (SSSR count). The van der Waals surface area contributed by atoms with Crippen LogP contribution in [0.2, 0.25) is 10.0 Å². The summed E-state index contributed by atoms with van der Waals surface area (Å²) in [7, 11) is 0. The van der Waals surface area contributed by atoms with Crippen molar-refractivity contribution in [3.8, 4) is 22.4 Å². The second kappa shape index (κ2) is 11.6. The van der Waals surface area contributed by atoms with Crippen molar-refractivity contribution in [1.82, 2.24) is 20.2 Å². The normalized spacial score (nSPS) is 15.2. The average Bonchev–Trinajstić information content (AvgIpc) is 3.20. The van der Waals surface area contributed by atoms with Gasteiger partial charge in [0.2, 0.25) is 0 Å². The highest BCUT2D eigenvalue weighted by Crippen LogP contribution is 2.39. The molecule has 1 aromatic heterocycles. The Bertz CT molecular complexity index is 1170. The van der Waals surface area contributed by atoms with Gasteiger partial charge >= 0.3 is 6.03 Å². The summed E-state index contributed by atoms with van der Waals surface area (Å²) >= 11 is 12.8. The molecule has 1 fully saturated rings. The molecule has 7 heteroatoms.